The maximum atomic E-state index is 5.93. The molecular formula is C128H80N8. The normalized spacial score (nSPS) is 12.0. The highest BCUT2D eigenvalue weighted by Crippen LogP contribution is 2.48. The third-order valence-corrected chi connectivity index (χ3v) is 28.4. The first-order valence-electron chi connectivity index (χ1n) is 46.6. The van der Waals surface area contributed by atoms with Gasteiger partial charge in [-0.25, -0.2) is 9.97 Å². The first kappa shape index (κ1) is 76.6. The molecule has 0 saturated heterocycles. The van der Waals surface area contributed by atoms with Crippen molar-refractivity contribution in [1.29, 1.82) is 0 Å². The Morgan fingerprint density at radius 2 is 0.368 bits per heavy atom. The summed E-state index contributed by atoms with van der Waals surface area (Å²) in [5.74, 6) is 0.601. The fraction of sp³-hybridized carbons (Fsp3) is 0. The smallest absolute Gasteiger partial charge is 0.160 e. The summed E-state index contributed by atoms with van der Waals surface area (Å²) < 4.78 is 14.6. The molecule has 0 unspecified atom stereocenters. The zero-order chi connectivity index (χ0) is 89.2. The van der Waals surface area contributed by atoms with Crippen molar-refractivity contribution < 1.29 is 0 Å². The number of benzene rings is 21. The van der Waals surface area contributed by atoms with Crippen molar-refractivity contribution in [2.24, 2.45) is 0 Å². The van der Waals surface area contributed by atoms with E-state index in [4.69, 9.17) is 9.97 Å². The molecule has 0 aliphatic heterocycles. The molecule has 632 valence electrons. The van der Waals surface area contributed by atoms with Gasteiger partial charge in [0.25, 0.3) is 0 Å². The van der Waals surface area contributed by atoms with E-state index in [0.717, 1.165) is 194 Å². The highest BCUT2D eigenvalue weighted by atomic mass is 15.0. The lowest BCUT2D eigenvalue weighted by Crippen LogP contribution is -2.02. The number of aromatic nitrogens is 8. The van der Waals surface area contributed by atoms with Gasteiger partial charge in [0.1, 0.15) is 0 Å². The minimum absolute atomic E-state index is 0.601. The van der Waals surface area contributed by atoms with Crippen LogP contribution in [0.2, 0.25) is 0 Å². The van der Waals surface area contributed by atoms with Gasteiger partial charge in [0.15, 0.2) is 5.82 Å². The fourth-order valence-corrected chi connectivity index (χ4v) is 22.2. The van der Waals surface area contributed by atoms with Crippen molar-refractivity contribution in [2.75, 3.05) is 0 Å². The number of fused-ring (bicyclic) bond motifs is 19. The largest absolute Gasteiger partial charge is 0.309 e. The molecule has 0 amide bonds. The van der Waals surface area contributed by atoms with E-state index in [1.54, 1.807) is 0 Å². The highest BCUT2D eigenvalue weighted by molar-refractivity contribution is 6.19. The summed E-state index contributed by atoms with van der Waals surface area (Å²) in [6, 6.07) is 179. The van der Waals surface area contributed by atoms with E-state index >= 15 is 0 Å². The number of para-hydroxylation sites is 9. The van der Waals surface area contributed by atoms with Crippen LogP contribution in [0.4, 0.5) is 0 Å². The van der Waals surface area contributed by atoms with Crippen LogP contribution < -0.4 is 0 Å². The first-order chi connectivity index (χ1) is 67.4. The third kappa shape index (κ3) is 12.2. The molecule has 7 heterocycles. The second-order valence-corrected chi connectivity index (χ2v) is 35.9. The molecule has 0 spiro atoms. The molecular weight excluding hydrogens is 1650 g/mol. The molecule has 0 aliphatic rings. The Hall–Kier alpha value is -18.2. The van der Waals surface area contributed by atoms with Gasteiger partial charge in [0.2, 0.25) is 0 Å². The van der Waals surface area contributed by atoms with Crippen molar-refractivity contribution >= 4 is 142 Å². The third-order valence-electron chi connectivity index (χ3n) is 28.4. The van der Waals surface area contributed by atoms with Crippen molar-refractivity contribution in [3.63, 3.8) is 0 Å². The molecule has 0 N–H and O–H groups in total. The fourth-order valence-electron chi connectivity index (χ4n) is 22.2. The van der Waals surface area contributed by atoms with Gasteiger partial charge in [-0.05, 0) is 267 Å². The van der Waals surface area contributed by atoms with E-state index in [1.807, 2.05) is 0 Å². The van der Waals surface area contributed by atoms with Crippen LogP contribution in [-0.2, 0) is 0 Å². The second kappa shape index (κ2) is 30.7. The molecule has 0 radical (unpaired) electrons. The Balaban J connectivity index is 0.694. The molecule has 0 saturated carbocycles. The standard InChI is InChI=1S/C128H80N8/c1-6-29-81(30-7-1)99-41-16-17-42-100(99)90-31-28-32-91(69-90)127-105-47-18-23-48-114(105)129-128(130-127)92-70-97(135-123-65-57-86(82-53-61-119-106(72-82)101-43-19-24-49-115(101)131(119)93-33-8-2-9-34-93)76-110(123)111-77-87(58-66-124(111)135)83-54-62-120-107(73-83)102-44-20-25-50-116(102)132(120)94-35-10-3-11-36-94)80-98(71-92)136-125-67-59-88(84-55-63-121-108(74-84)103-45-21-26-51-117(103)133(121)95-37-12-4-13-38-95)78-112(125)113-79-89(60-68-126(113)136)85-56-64-122-109(75-85)104-46-22-27-52-118(104)134(122)96-39-14-5-15-40-96/h1-80H. The zero-order valence-corrected chi connectivity index (χ0v) is 73.8. The number of hydrogen-bond donors (Lipinski definition) is 0. The molecule has 28 aromatic rings. The maximum absolute atomic E-state index is 5.93. The number of rotatable bonds is 14. The second-order valence-electron chi connectivity index (χ2n) is 35.9. The Kier molecular flexibility index (Phi) is 17.3. The molecule has 0 atom stereocenters. The number of hydrogen-bond acceptors (Lipinski definition) is 2. The van der Waals surface area contributed by atoms with E-state index in [-0.39, 0.29) is 0 Å². The lowest BCUT2D eigenvalue weighted by atomic mass is 9.93. The minimum Gasteiger partial charge on any atom is -0.309 e. The Labute approximate surface area is 782 Å². The van der Waals surface area contributed by atoms with Gasteiger partial charge in [0.05, 0.1) is 77.4 Å². The van der Waals surface area contributed by atoms with Crippen molar-refractivity contribution in [1.82, 2.24) is 37.4 Å². The molecule has 0 aliphatic carbocycles. The van der Waals surface area contributed by atoms with Crippen molar-refractivity contribution in [2.45, 2.75) is 0 Å². The molecule has 7 aromatic heterocycles. The van der Waals surface area contributed by atoms with E-state index in [9.17, 15) is 0 Å². The highest BCUT2D eigenvalue weighted by Gasteiger charge is 2.26. The van der Waals surface area contributed by atoms with E-state index in [1.165, 1.54) is 65.2 Å². The minimum atomic E-state index is 0.601. The predicted molar refractivity (Wildman–Crippen MR) is 569 cm³/mol. The van der Waals surface area contributed by atoms with Gasteiger partial charge in [-0.15, -0.1) is 0 Å². The Morgan fingerprint density at radius 1 is 0.125 bits per heavy atom. The quantitative estimate of drug-likeness (QED) is 0.109. The van der Waals surface area contributed by atoms with Crippen LogP contribution in [0.15, 0.2) is 485 Å². The average Bonchev–Trinajstić information content (AvgIpc) is 1.45. The number of nitrogens with zero attached hydrogens (tertiary/aromatic N) is 8. The topological polar surface area (TPSA) is 55.4 Å². The summed E-state index contributed by atoms with van der Waals surface area (Å²) in [5, 5.41) is 15.1. The SMILES string of the molecule is c1ccc(-c2ccccc2-c2cccc(-c3nc(-c4cc(-n5c6ccc(-c7ccc8c(c7)c7ccccc7n8-c7ccccc7)cc6c6cc(-c7ccc8c(c7)c7ccccc7n8-c7ccccc7)ccc65)cc(-n5c6ccc(-c7ccc8c(c7)c7ccccc7n8-c7ccccc7)cc6c6cc(-c7ccc8c(c7)c7ccccc7n8-c7ccccc7)ccc65)c4)nc4ccccc34)c2)cc1. The zero-order valence-electron chi connectivity index (χ0n) is 73.8. The van der Waals surface area contributed by atoms with Gasteiger partial charge < -0.3 is 27.4 Å². The maximum Gasteiger partial charge on any atom is 0.160 e. The Morgan fingerprint density at radius 3 is 0.699 bits per heavy atom. The van der Waals surface area contributed by atoms with Crippen molar-refractivity contribution in [3.05, 3.63) is 485 Å². The van der Waals surface area contributed by atoms with E-state index in [2.05, 4.69) is 513 Å². The van der Waals surface area contributed by atoms with Gasteiger partial charge in [-0.1, -0.05) is 285 Å². The molecule has 8 nitrogen and oxygen atoms in total. The van der Waals surface area contributed by atoms with Crippen LogP contribution in [0.1, 0.15) is 0 Å². The summed E-state index contributed by atoms with van der Waals surface area (Å²) in [6.07, 6.45) is 0. The van der Waals surface area contributed by atoms with Gasteiger partial charge in [-0.2, -0.15) is 0 Å². The van der Waals surface area contributed by atoms with Crippen LogP contribution in [-0.4, -0.2) is 37.4 Å². The Bertz CT molecular complexity index is 8910. The molecule has 8 heteroatoms. The van der Waals surface area contributed by atoms with Gasteiger partial charge in [-0.3, -0.25) is 0 Å². The predicted octanol–water partition coefficient (Wildman–Crippen LogP) is 33.5. The summed E-state index contributed by atoms with van der Waals surface area (Å²) in [7, 11) is 0. The molecule has 0 fully saturated rings. The van der Waals surface area contributed by atoms with Crippen LogP contribution in [0.25, 0.3) is 265 Å². The monoisotopic (exact) mass is 1730 g/mol. The van der Waals surface area contributed by atoms with Crippen LogP contribution in [0.3, 0.4) is 0 Å². The summed E-state index contributed by atoms with van der Waals surface area (Å²) >= 11 is 0. The summed E-state index contributed by atoms with van der Waals surface area (Å²) in [6.45, 7) is 0. The van der Waals surface area contributed by atoms with Crippen LogP contribution >= 0.6 is 0 Å². The molecule has 0 bridgehead atoms. The van der Waals surface area contributed by atoms with E-state index < -0.39 is 0 Å². The summed E-state index contributed by atoms with van der Waals surface area (Å²) in [4.78, 5) is 11.7. The van der Waals surface area contributed by atoms with Gasteiger partial charge >= 0.3 is 0 Å². The first-order valence-corrected chi connectivity index (χ1v) is 46.6. The lowest BCUT2D eigenvalue weighted by Gasteiger charge is -2.17. The molecule has 136 heavy (non-hydrogen) atoms. The molecule has 28 rings (SSSR count). The summed E-state index contributed by atoms with van der Waals surface area (Å²) in [5.41, 5.74) is 37.0. The lowest BCUT2D eigenvalue weighted by molar-refractivity contribution is 1.13. The van der Waals surface area contributed by atoms with Crippen LogP contribution in [0, 0.1) is 0 Å². The van der Waals surface area contributed by atoms with Crippen LogP contribution in [0.5, 0.6) is 0 Å². The molecule has 21 aromatic carbocycles. The van der Waals surface area contributed by atoms with E-state index in [0.29, 0.717) is 5.82 Å². The average molecular weight is 1730 g/mol. The van der Waals surface area contributed by atoms with Crippen molar-refractivity contribution in [3.8, 4) is 124 Å². The van der Waals surface area contributed by atoms with Gasteiger partial charge in [0, 0.05) is 115 Å².